The summed E-state index contributed by atoms with van der Waals surface area (Å²) < 4.78 is 6.82. The number of rotatable bonds is 4. The zero-order valence-corrected chi connectivity index (χ0v) is 26.5. The molecule has 3 nitrogen and oxygen atoms in total. The van der Waals surface area contributed by atoms with Gasteiger partial charge in [-0.25, -0.2) is 9.97 Å². The summed E-state index contributed by atoms with van der Waals surface area (Å²) in [5.74, 6) is 0.643. The lowest BCUT2D eigenvalue weighted by atomic mass is 9.94. The SMILES string of the molecule is c1ccc(-c2nc(-c3ccc(-c4ccc(-c5ccc6ccccc6c5)cc4)c4c3oc3cc5ccccc5cc34)nc3ccccc23)cc1. The third-order valence-electron chi connectivity index (χ3n) is 9.66. The molecule has 0 radical (unpaired) electrons. The van der Waals surface area contributed by atoms with Crippen LogP contribution in [0.1, 0.15) is 0 Å². The van der Waals surface area contributed by atoms with Crippen LogP contribution in [0.2, 0.25) is 0 Å². The Morgan fingerprint density at radius 2 is 1.02 bits per heavy atom. The Morgan fingerprint density at radius 1 is 0.388 bits per heavy atom. The monoisotopic (exact) mass is 624 g/mol. The molecule has 0 aliphatic carbocycles. The predicted octanol–water partition coefficient (Wildman–Crippen LogP) is 12.5. The van der Waals surface area contributed by atoms with Crippen molar-refractivity contribution in [2.45, 2.75) is 0 Å². The summed E-state index contributed by atoms with van der Waals surface area (Å²) in [6.45, 7) is 0. The molecule has 0 amide bonds. The molecule has 0 spiro atoms. The fourth-order valence-electron chi connectivity index (χ4n) is 7.21. The molecule has 228 valence electrons. The van der Waals surface area contributed by atoms with Crippen molar-refractivity contribution >= 4 is 54.4 Å². The average molecular weight is 625 g/mol. The highest BCUT2D eigenvalue weighted by atomic mass is 16.3. The van der Waals surface area contributed by atoms with Crippen LogP contribution >= 0.6 is 0 Å². The number of benzene rings is 8. The number of fused-ring (bicyclic) bond motifs is 6. The maximum atomic E-state index is 6.82. The van der Waals surface area contributed by atoms with Gasteiger partial charge in [-0.3, -0.25) is 0 Å². The van der Waals surface area contributed by atoms with Crippen LogP contribution in [0.5, 0.6) is 0 Å². The number of hydrogen-bond donors (Lipinski definition) is 0. The molecule has 8 aromatic carbocycles. The second-order valence-electron chi connectivity index (χ2n) is 12.6. The van der Waals surface area contributed by atoms with Crippen molar-refractivity contribution in [2.24, 2.45) is 0 Å². The summed E-state index contributed by atoms with van der Waals surface area (Å²) in [6.07, 6.45) is 0. The van der Waals surface area contributed by atoms with Gasteiger partial charge in [0, 0.05) is 21.7 Å². The van der Waals surface area contributed by atoms with E-state index in [9.17, 15) is 0 Å². The van der Waals surface area contributed by atoms with Gasteiger partial charge in [-0.1, -0.05) is 140 Å². The van der Waals surface area contributed by atoms with E-state index in [1.807, 2.05) is 30.3 Å². The third-order valence-corrected chi connectivity index (χ3v) is 9.66. The van der Waals surface area contributed by atoms with Gasteiger partial charge in [-0.15, -0.1) is 0 Å². The van der Waals surface area contributed by atoms with E-state index < -0.39 is 0 Å². The number of para-hydroxylation sites is 1. The van der Waals surface area contributed by atoms with Crippen molar-refractivity contribution < 1.29 is 4.42 Å². The van der Waals surface area contributed by atoms with E-state index in [0.717, 1.165) is 66.2 Å². The van der Waals surface area contributed by atoms with Gasteiger partial charge in [0.05, 0.1) is 16.8 Å². The first-order chi connectivity index (χ1) is 24.3. The molecule has 49 heavy (non-hydrogen) atoms. The zero-order valence-electron chi connectivity index (χ0n) is 26.5. The zero-order chi connectivity index (χ0) is 32.3. The Kier molecular flexibility index (Phi) is 6.18. The van der Waals surface area contributed by atoms with E-state index in [0.29, 0.717) is 5.82 Å². The molecule has 2 aromatic heterocycles. The van der Waals surface area contributed by atoms with Crippen molar-refractivity contribution in [1.82, 2.24) is 9.97 Å². The fourth-order valence-corrected chi connectivity index (χ4v) is 7.21. The Bertz CT molecular complexity index is 2870. The molecule has 2 heterocycles. The molecule has 10 aromatic rings. The van der Waals surface area contributed by atoms with Gasteiger partial charge in [-0.2, -0.15) is 0 Å². The minimum atomic E-state index is 0.643. The van der Waals surface area contributed by atoms with Gasteiger partial charge in [0.2, 0.25) is 0 Å². The summed E-state index contributed by atoms with van der Waals surface area (Å²) in [7, 11) is 0. The molecule has 10 rings (SSSR count). The number of furan rings is 1. The second kappa shape index (κ2) is 11.0. The molecular formula is C46H28N2O. The summed E-state index contributed by atoms with van der Waals surface area (Å²) in [6, 6.07) is 59.8. The average Bonchev–Trinajstić information content (AvgIpc) is 3.54. The molecule has 0 atom stereocenters. The van der Waals surface area contributed by atoms with Crippen LogP contribution in [0.25, 0.3) is 99.3 Å². The molecule has 0 saturated carbocycles. The standard InChI is InChI=1S/C46H28N2O/c1-2-11-32(12-3-1)44-38-16-8-9-17-41(38)47-46(48-44)39-25-24-37(43-40-27-34-14-6-7-15-35(34)28-42(40)49-45(39)43)31-21-18-30(19-22-31)36-23-20-29-10-4-5-13-33(29)26-36/h1-28H. The van der Waals surface area contributed by atoms with Crippen molar-refractivity contribution in [3.8, 4) is 44.9 Å². The molecule has 0 aliphatic heterocycles. The van der Waals surface area contributed by atoms with Gasteiger partial charge in [-0.05, 0) is 74.1 Å². The van der Waals surface area contributed by atoms with E-state index in [1.54, 1.807) is 0 Å². The highest BCUT2D eigenvalue weighted by Gasteiger charge is 2.21. The summed E-state index contributed by atoms with van der Waals surface area (Å²) >= 11 is 0. The molecular weight excluding hydrogens is 597 g/mol. The summed E-state index contributed by atoms with van der Waals surface area (Å²) in [4.78, 5) is 10.3. The number of aromatic nitrogens is 2. The highest BCUT2D eigenvalue weighted by molar-refractivity contribution is 6.18. The first kappa shape index (κ1) is 27.5. The molecule has 0 N–H and O–H groups in total. The fraction of sp³-hybridized carbons (Fsp3) is 0. The van der Waals surface area contributed by atoms with Gasteiger partial charge in [0.25, 0.3) is 0 Å². The number of nitrogens with zero attached hydrogens (tertiary/aromatic N) is 2. The van der Waals surface area contributed by atoms with Crippen LogP contribution in [0.4, 0.5) is 0 Å². The van der Waals surface area contributed by atoms with Gasteiger partial charge < -0.3 is 4.42 Å². The maximum Gasteiger partial charge on any atom is 0.164 e. The molecule has 0 bridgehead atoms. The van der Waals surface area contributed by atoms with Gasteiger partial charge in [0.1, 0.15) is 11.2 Å². The van der Waals surface area contributed by atoms with E-state index in [1.165, 1.54) is 27.3 Å². The largest absolute Gasteiger partial charge is 0.455 e. The third kappa shape index (κ3) is 4.59. The molecule has 0 fully saturated rings. The van der Waals surface area contributed by atoms with Crippen LogP contribution in [0, 0.1) is 0 Å². The quantitative estimate of drug-likeness (QED) is 0.196. The second-order valence-corrected chi connectivity index (χ2v) is 12.6. The van der Waals surface area contributed by atoms with E-state index in [-0.39, 0.29) is 0 Å². The van der Waals surface area contributed by atoms with E-state index >= 15 is 0 Å². The minimum absolute atomic E-state index is 0.643. The first-order valence-corrected chi connectivity index (χ1v) is 16.6. The smallest absolute Gasteiger partial charge is 0.164 e. The molecule has 3 heteroatoms. The maximum absolute atomic E-state index is 6.82. The molecule has 0 aliphatic rings. The van der Waals surface area contributed by atoms with Gasteiger partial charge in [0.15, 0.2) is 5.82 Å². The van der Waals surface area contributed by atoms with E-state index in [2.05, 4.69) is 140 Å². The molecule has 0 saturated heterocycles. The van der Waals surface area contributed by atoms with Crippen molar-refractivity contribution in [3.05, 3.63) is 170 Å². The normalized spacial score (nSPS) is 11.7. The molecule has 0 unspecified atom stereocenters. The Balaban J connectivity index is 1.19. The van der Waals surface area contributed by atoms with Crippen LogP contribution in [-0.4, -0.2) is 9.97 Å². The van der Waals surface area contributed by atoms with Gasteiger partial charge >= 0.3 is 0 Å². The lowest BCUT2D eigenvalue weighted by Crippen LogP contribution is -1.95. The highest BCUT2D eigenvalue weighted by Crippen LogP contribution is 2.43. The first-order valence-electron chi connectivity index (χ1n) is 16.6. The number of hydrogen-bond acceptors (Lipinski definition) is 3. The Morgan fingerprint density at radius 3 is 1.84 bits per heavy atom. The van der Waals surface area contributed by atoms with Crippen molar-refractivity contribution in [2.75, 3.05) is 0 Å². The topological polar surface area (TPSA) is 38.9 Å². The Hall–Kier alpha value is -6.58. The van der Waals surface area contributed by atoms with Crippen molar-refractivity contribution in [1.29, 1.82) is 0 Å². The minimum Gasteiger partial charge on any atom is -0.455 e. The lowest BCUT2D eigenvalue weighted by Gasteiger charge is -2.12. The predicted molar refractivity (Wildman–Crippen MR) is 204 cm³/mol. The summed E-state index contributed by atoms with van der Waals surface area (Å²) in [5.41, 5.74) is 9.99. The van der Waals surface area contributed by atoms with E-state index in [4.69, 9.17) is 14.4 Å². The Labute approximate surface area is 282 Å². The van der Waals surface area contributed by atoms with Crippen LogP contribution in [0.15, 0.2) is 174 Å². The van der Waals surface area contributed by atoms with Crippen molar-refractivity contribution in [3.63, 3.8) is 0 Å². The lowest BCUT2D eigenvalue weighted by molar-refractivity contribution is 0.670. The van der Waals surface area contributed by atoms with Crippen LogP contribution < -0.4 is 0 Å². The van der Waals surface area contributed by atoms with Crippen LogP contribution in [-0.2, 0) is 0 Å². The summed E-state index contributed by atoms with van der Waals surface area (Å²) in [5, 5.41) is 7.97. The van der Waals surface area contributed by atoms with Crippen LogP contribution in [0.3, 0.4) is 0 Å².